The third kappa shape index (κ3) is 4.31. The summed E-state index contributed by atoms with van der Waals surface area (Å²) in [5.74, 6) is 2.75. The molecule has 2 saturated carbocycles. The van der Waals surface area contributed by atoms with Crippen LogP contribution in [0.3, 0.4) is 0 Å². The highest BCUT2D eigenvalue weighted by atomic mass is 16.2. The smallest absolute Gasteiger partial charge is 0.223 e. The normalized spacial score (nSPS) is 28.8. The third-order valence-electron chi connectivity index (χ3n) is 7.03. The molecule has 3 atom stereocenters. The van der Waals surface area contributed by atoms with Crippen LogP contribution in [0.2, 0.25) is 0 Å². The highest BCUT2D eigenvalue weighted by molar-refractivity contribution is 5.81. The van der Waals surface area contributed by atoms with Gasteiger partial charge in [-0.3, -0.25) is 4.79 Å². The van der Waals surface area contributed by atoms with Crippen molar-refractivity contribution in [2.75, 3.05) is 19.6 Å². The van der Waals surface area contributed by atoms with Crippen LogP contribution in [-0.4, -0.2) is 36.5 Å². The molecule has 3 nitrogen and oxygen atoms in total. The Bertz CT molecular complexity index is 587. The summed E-state index contributed by atoms with van der Waals surface area (Å²) in [6.07, 6.45) is 8.91. The van der Waals surface area contributed by atoms with Crippen molar-refractivity contribution in [2.24, 2.45) is 17.8 Å². The molecule has 0 spiro atoms. The monoisotopic (exact) mass is 354 g/mol. The van der Waals surface area contributed by atoms with Crippen LogP contribution in [0.5, 0.6) is 0 Å². The molecule has 1 amide bonds. The van der Waals surface area contributed by atoms with E-state index < -0.39 is 0 Å². The lowest BCUT2D eigenvalue weighted by atomic mass is 9.84. The van der Waals surface area contributed by atoms with Gasteiger partial charge in [0, 0.05) is 31.6 Å². The van der Waals surface area contributed by atoms with E-state index in [2.05, 4.69) is 47.5 Å². The predicted octanol–water partition coefficient (Wildman–Crippen LogP) is 4.20. The van der Waals surface area contributed by atoms with Gasteiger partial charge in [0.05, 0.1) is 0 Å². The van der Waals surface area contributed by atoms with E-state index in [0.29, 0.717) is 29.7 Å². The molecule has 1 N–H and O–H groups in total. The minimum Gasteiger partial charge on any atom is -0.353 e. The lowest BCUT2D eigenvalue weighted by Gasteiger charge is -2.36. The van der Waals surface area contributed by atoms with Crippen molar-refractivity contribution < 1.29 is 4.79 Å². The van der Waals surface area contributed by atoms with Crippen LogP contribution < -0.4 is 5.32 Å². The molecule has 3 aliphatic rings. The quantitative estimate of drug-likeness (QED) is 0.830. The number of likely N-dealkylation sites (tertiary alicyclic amines) is 1. The van der Waals surface area contributed by atoms with Crippen LogP contribution in [-0.2, 0) is 4.79 Å². The summed E-state index contributed by atoms with van der Waals surface area (Å²) >= 11 is 0. The number of carbonyl (C=O) groups excluding carboxylic acids is 1. The summed E-state index contributed by atoms with van der Waals surface area (Å²) in [6, 6.07) is 11.6. The minimum absolute atomic E-state index is 0.304. The highest BCUT2D eigenvalue weighted by Crippen LogP contribution is 2.39. The lowest BCUT2D eigenvalue weighted by Crippen LogP contribution is -2.46. The van der Waals surface area contributed by atoms with Gasteiger partial charge in [-0.05, 0) is 55.4 Å². The lowest BCUT2D eigenvalue weighted by molar-refractivity contribution is -0.123. The summed E-state index contributed by atoms with van der Waals surface area (Å²) in [4.78, 5) is 14.8. The average Bonchev–Trinajstić information content (AvgIpc) is 3.17. The molecule has 3 fully saturated rings. The van der Waals surface area contributed by atoms with E-state index in [-0.39, 0.29) is 0 Å². The Morgan fingerprint density at radius 2 is 1.77 bits per heavy atom. The van der Waals surface area contributed by atoms with Crippen LogP contribution in [0.15, 0.2) is 30.3 Å². The predicted molar refractivity (Wildman–Crippen MR) is 106 cm³/mol. The van der Waals surface area contributed by atoms with E-state index in [4.69, 9.17) is 0 Å². The number of amides is 1. The fourth-order valence-corrected chi connectivity index (χ4v) is 5.12. The van der Waals surface area contributed by atoms with Crippen LogP contribution >= 0.6 is 0 Å². The van der Waals surface area contributed by atoms with E-state index in [1.54, 1.807) is 0 Å². The summed E-state index contributed by atoms with van der Waals surface area (Å²) in [7, 11) is 0. The molecule has 1 aliphatic heterocycles. The van der Waals surface area contributed by atoms with Crippen molar-refractivity contribution in [3.63, 3.8) is 0 Å². The number of rotatable bonds is 6. The van der Waals surface area contributed by atoms with E-state index >= 15 is 0 Å². The van der Waals surface area contributed by atoms with Crippen LogP contribution in [0, 0.1) is 17.8 Å². The van der Waals surface area contributed by atoms with E-state index in [0.717, 1.165) is 38.3 Å². The Balaban J connectivity index is 1.30. The Hall–Kier alpha value is -1.35. The van der Waals surface area contributed by atoms with Gasteiger partial charge in [0.25, 0.3) is 0 Å². The second-order valence-electron chi connectivity index (χ2n) is 8.96. The maximum atomic E-state index is 12.2. The fraction of sp³-hybridized carbons (Fsp3) is 0.696. The van der Waals surface area contributed by atoms with E-state index in [9.17, 15) is 4.79 Å². The number of hydrogen-bond acceptors (Lipinski definition) is 2. The van der Waals surface area contributed by atoms with Crippen molar-refractivity contribution in [1.29, 1.82) is 0 Å². The summed E-state index contributed by atoms with van der Waals surface area (Å²) in [5.41, 5.74) is 1.53. The number of hydrogen-bond donors (Lipinski definition) is 1. The van der Waals surface area contributed by atoms with Crippen molar-refractivity contribution in [2.45, 2.75) is 63.8 Å². The largest absolute Gasteiger partial charge is 0.353 e. The van der Waals surface area contributed by atoms with E-state index in [1.807, 2.05) is 0 Å². The molecule has 0 radical (unpaired) electrons. The van der Waals surface area contributed by atoms with Crippen molar-refractivity contribution in [1.82, 2.24) is 10.2 Å². The molecule has 3 heteroatoms. The van der Waals surface area contributed by atoms with Crippen LogP contribution in [0.25, 0.3) is 0 Å². The molecule has 1 saturated heterocycles. The molecular weight excluding hydrogens is 320 g/mol. The zero-order valence-electron chi connectivity index (χ0n) is 16.2. The first-order chi connectivity index (χ1) is 12.7. The van der Waals surface area contributed by atoms with Gasteiger partial charge in [0.15, 0.2) is 0 Å². The zero-order valence-corrected chi connectivity index (χ0v) is 16.2. The van der Waals surface area contributed by atoms with Gasteiger partial charge in [-0.15, -0.1) is 0 Å². The summed E-state index contributed by atoms with van der Waals surface area (Å²) in [6.45, 7) is 5.62. The molecule has 0 unspecified atom stereocenters. The van der Waals surface area contributed by atoms with Crippen molar-refractivity contribution in [3.05, 3.63) is 35.9 Å². The Labute approximate surface area is 158 Å². The number of carbonyl (C=O) groups is 1. The van der Waals surface area contributed by atoms with Gasteiger partial charge in [0.2, 0.25) is 5.91 Å². The topological polar surface area (TPSA) is 32.3 Å². The van der Waals surface area contributed by atoms with Gasteiger partial charge in [-0.25, -0.2) is 0 Å². The van der Waals surface area contributed by atoms with Crippen molar-refractivity contribution >= 4 is 5.91 Å². The molecule has 142 valence electrons. The van der Waals surface area contributed by atoms with Gasteiger partial charge >= 0.3 is 0 Å². The molecule has 1 aromatic carbocycles. The minimum atomic E-state index is 0.304. The molecule has 4 rings (SSSR count). The van der Waals surface area contributed by atoms with Crippen LogP contribution in [0.1, 0.15) is 63.4 Å². The second kappa shape index (κ2) is 8.12. The SMILES string of the molecule is C[C@@H]1C[C@H]1C(=O)NC1CCN(C[C@H](c2ccccc2)C2CCCC2)CC1. The molecule has 1 aromatic rings. The molecule has 26 heavy (non-hydrogen) atoms. The van der Waals surface area contributed by atoms with Gasteiger partial charge in [0.1, 0.15) is 0 Å². The first-order valence-corrected chi connectivity index (χ1v) is 10.8. The van der Waals surface area contributed by atoms with Gasteiger partial charge in [-0.1, -0.05) is 50.1 Å². The molecule has 0 bridgehead atoms. The molecule has 1 heterocycles. The first kappa shape index (κ1) is 18.0. The van der Waals surface area contributed by atoms with Crippen molar-refractivity contribution in [3.8, 4) is 0 Å². The summed E-state index contributed by atoms with van der Waals surface area (Å²) in [5, 5.41) is 3.31. The maximum absolute atomic E-state index is 12.2. The third-order valence-corrected chi connectivity index (χ3v) is 7.03. The maximum Gasteiger partial charge on any atom is 0.223 e. The Kier molecular flexibility index (Phi) is 5.63. The Morgan fingerprint density at radius 1 is 1.12 bits per heavy atom. The Morgan fingerprint density at radius 3 is 2.38 bits per heavy atom. The second-order valence-corrected chi connectivity index (χ2v) is 8.96. The number of nitrogens with one attached hydrogen (secondary N) is 1. The molecule has 0 aromatic heterocycles. The van der Waals surface area contributed by atoms with Gasteiger partial charge in [-0.2, -0.15) is 0 Å². The summed E-state index contributed by atoms with van der Waals surface area (Å²) < 4.78 is 0. The van der Waals surface area contributed by atoms with E-state index in [1.165, 1.54) is 37.8 Å². The van der Waals surface area contributed by atoms with Gasteiger partial charge < -0.3 is 10.2 Å². The fourth-order valence-electron chi connectivity index (χ4n) is 5.12. The zero-order chi connectivity index (χ0) is 17.9. The van der Waals surface area contributed by atoms with Crippen LogP contribution in [0.4, 0.5) is 0 Å². The number of benzene rings is 1. The highest BCUT2D eigenvalue weighted by Gasteiger charge is 2.40. The molecular formula is C23H34N2O. The number of nitrogens with zero attached hydrogens (tertiary/aromatic N) is 1. The molecule has 2 aliphatic carbocycles. The average molecular weight is 355 g/mol. The first-order valence-electron chi connectivity index (χ1n) is 10.8. The standard InChI is InChI=1S/C23H34N2O/c1-17-15-21(17)23(26)24-20-11-13-25(14-12-20)16-22(19-9-5-6-10-19)18-7-3-2-4-8-18/h2-4,7-8,17,19-22H,5-6,9-16H2,1H3,(H,24,26)/t17-,21-,22-/m1/s1. The number of piperidine rings is 1.